The normalized spacial score (nSPS) is 13.0. The fraction of sp³-hybridized carbons (Fsp3) is 0.250. The summed E-state index contributed by atoms with van der Waals surface area (Å²) < 4.78 is 5.24. The summed E-state index contributed by atoms with van der Waals surface area (Å²) in [5.41, 5.74) is 6.23. The van der Waals surface area contributed by atoms with E-state index in [1.807, 2.05) is 12.1 Å². The zero-order valence-corrected chi connectivity index (χ0v) is 7.34. The van der Waals surface area contributed by atoms with Crippen LogP contribution in [0, 0.1) is 0 Å². The van der Waals surface area contributed by atoms with Crippen molar-refractivity contribution in [2.45, 2.75) is 6.04 Å². The highest BCUT2D eigenvalue weighted by Crippen LogP contribution is 2.17. The fourth-order valence-electron chi connectivity index (χ4n) is 1.03. The minimum absolute atomic E-state index is 0.216. The molecule has 0 aliphatic carbocycles. The molecule has 4 N–H and O–H groups in total. The monoisotopic (exact) mass is 194 g/mol. The Balaban J connectivity index is 2.26. The molecule has 0 saturated heterocycles. The molecule has 1 atom stereocenters. The Morgan fingerprint density at radius 1 is 1.57 bits per heavy atom. The number of nitrogens with two attached hydrogens (primary N) is 1. The maximum Gasteiger partial charge on any atom is 0.264 e. The molecule has 0 aliphatic heterocycles. The molecule has 0 aliphatic rings. The Hall–Kier alpha value is -1.66. The molecular weight excluding hydrogens is 184 g/mol. The van der Waals surface area contributed by atoms with Crippen molar-refractivity contribution in [3.63, 3.8) is 0 Å². The summed E-state index contributed by atoms with van der Waals surface area (Å²) in [5, 5.41) is 16.3. The molecule has 0 radical (unpaired) electrons. The van der Waals surface area contributed by atoms with E-state index in [4.69, 9.17) is 15.3 Å². The predicted octanol–water partition coefficient (Wildman–Crippen LogP) is 0.0568. The Labute approximate surface area is 79.8 Å². The Bertz CT molecular complexity index is 395. The second kappa shape index (κ2) is 3.60. The lowest BCUT2D eigenvalue weighted by atomic mass is 10.3. The molecule has 14 heavy (non-hydrogen) atoms. The first kappa shape index (κ1) is 8.92. The molecule has 2 rings (SSSR count). The summed E-state index contributed by atoms with van der Waals surface area (Å²) in [4.78, 5) is 2.92. The summed E-state index contributed by atoms with van der Waals surface area (Å²) in [5.74, 6) is 0.603. The molecule has 2 aromatic rings. The van der Waals surface area contributed by atoms with E-state index in [9.17, 15) is 0 Å². The van der Waals surface area contributed by atoms with Gasteiger partial charge in [-0.3, -0.25) is 0 Å². The van der Waals surface area contributed by atoms with E-state index >= 15 is 0 Å². The minimum atomic E-state index is -0.619. The van der Waals surface area contributed by atoms with E-state index < -0.39 is 6.04 Å². The predicted molar refractivity (Wildman–Crippen MR) is 48.1 cm³/mol. The average molecular weight is 194 g/mol. The maximum atomic E-state index is 8.77. The summed E-state index contributed by atoms with van der Waals surface area (Å²) >= 11 is 0. The number of aromatic amines is 1. The van der Waals surface area contributed by atoms with Crippen LogP contribution in [0.25, 0.3) is 11.6 Å². The Morgan fingerprint density at radius 3 is 3.07 bits per heavy atom. The van der Waals surface area contributed by atoms with Crippen LogP contribution < -0.4 is 5.73 Å². The standard InChI is InChI=1S/C8H10N4O2/c9-5(4-13)7-11-12-8(14-7)6-2-1-3-10-6/h1-3,5,10,13H,4,9H2/t5-/m1/s1. The van der Waals surface area contributed by atoms with Gasteiger partial charge in [-0.15, -0.1) is 10.2 Å². The van der Waals surface area contributed by atoms with Gasteiger partial charge in [0.25, 0.3) is 5.89 Å². The first-order valence-corrected chi connectivity index (χ1v) is 4.15. The van der Waals surface area contributed by atoms with Gasteiger partial charge in [-0.1, -0.05) is 0 Å². The zero-order valence-electron chi connectivity index (χ0n) is 7.34. The first-order chi connectivity index (χ1) is 6.81. The number of aliphatic hydroxyl groups is 1. The van der Waals surface area contributed by atoms with Crippen molar-refractivity contribution >= 4 is 0 Å². The van der Waals surface area contributed by atoms with E-state index in [-0.39, 0.29) is 12.5 Å². The van der Waals surface area contributed by atoms with Crippen LogP contribution >= 0.6 is 0 Å². The molecule has 6 heteroatoms. The van der Waals surface area contributed by atoms with Crippen molar-refractivity contribution in [1.82, 2.24) is 15.2 Å². The third-order valence-electron chi connectivity index (χ3n) is 1.78. The van der Waals surface area contributed by atoms with Gasteiger partial charge in [-0.05, 0) is 12.1 Å². The van der Waals surface area contributed by atoms with Crippen LogP contribution in [0.15, 0.2) is 22.7 Å². The number of rotatable bonds is 3. The minimum Gasteiger partial charge on any atom is -0.418 e. The number of nitrogens with one attached hydrogen (secondary N) is 1. The summed E-state index contributed by atoms with van der Waals surface area (Å²) in [6.45, 7) is -0.216. The van der Waals surface area contributed by atoms with Crippen LogP contribution in [0.5, 0.6) is 0 Å². The molecule has 0 aromatic carbocycles. The molecule has 2 heterocycles. The van der Waals surface area contributed by atoms with Gasteiger partial charge in [0.15, 0.2) is 0 Å². The Morgan fingerprint density at radius 2 is 2.43 bits per heavy atom. The van der Waals surface area contributed by atoms with Crippen molar-refractivity contribution in [2.75, 3.05) is 6.61 Å². The zero-order chi connectivity index (χ0) is 9.97. The van der Waals surface area contributed by atoms with Gasteiger partial charge < -0.3 is 20.2 Å². The number of hydrogen-bond donors (Lipinski definition) is 3. The van der Waals surface area contributed by atoms with Crippen molar-refractivity contribution in [3.05, 3.63) is 24.2 Å². The molecule has 0 fully saturated rings. The van der Waals surface area contributed by atoms with Gasteiger partial charge in [-0.25, -0.2) is 0 Å². The van der Waals surface area contributed by atoms with Crippen LogP contribution in [0.2, 0.25) is 0 Å². The van der Waals surface area contributed by atoms with Crippen molar-refractivity contribution in [1.29, 1.82) is 0 Å². The van der Waals surface area contributed by atoms with Crippen LogP contribution in [-0.2, 0) is 0 Å². The highest BCUT2D eigenvalue weighted by molar-refractivity contribution is 5.45. The molecule has 6 nitrogen and oxygen atoms in total. The summed E-state index contributed by atoms with van der Waals surface area (Å²) in [6.07, 6.45) is 1.76. The number of hydrogen-bond acceptors (Lipinski definition) is 5. The lowest BCUT2D eigenvalue weighted by Crippen LogP contribution is -2.14. The molecule has 74 valence electrons. The van der Waals surface area contributed by atoms with Gasteiger partial charge in [0.05, 0.1) is 6.61 Å². The SMILES string of the molecule is N[C@H](CO)c1nnc(-c2ccc[nH]2)o1. The van der Waals surface area contributed by atoms with E-state index in [2.05, 4.69) is 15.2 Å². The van der Waals surface area contributed by atoms with Gasteiger partial charge >= 0.3 is 0 Å². The summed E-state index contributed by atoms with van der Waals surface area (Å²) in [7, 11) is 0. The molecular formula is C8H10N4O2. The molecule has 0 spiro atoms. The van der Waals surface area contributed by atoms with E-state index in [1.54, 1.807) is 6.20 Å². The number of aliphatic hydroxyl groups excluding tert-OH is 1. The van der Waals surface area contributed by atoms with Gasteiger partial charge in [0.2, 0.25) is 5.89 Å². The molecule has 0 bridgehead atoms. The Kier molecular flexibility index (Phi) is 2.30. The highest BCUT2D eigenvalue weighted by atomic mass is 16.4. The number of nitrogens with zero attached hydrogens (tertiary/aromatic N) is 2. The van der Waals surface area contributed by atoms with E-state index in [1.165, 1.54) is 0 Å². The maximum absolute atomic E-state index is 8.77. The molecule has 2 aromatic heterocycles. The summed E-state index contributed by atoms with van der Waals surface area (Å²) in [6, 6.07) is 3.01. The van der Waals surface area contributed by atoms with Gasteiger partial charge in [-0.2, -0.15) is 0 Å². The van der Waals surface area contributed by atoms with E-state index in [0.717, 1.165) is 5.69 Å². The molecule has 0 unspecified atom stereocenters. The second-order valence-corrected chi connectivity index (χ2v) is 2.82. The molecule has 0 amide bonds. The average Bonchev–Trinajstić information content (AvgIpc) is 2.86. The largest absolute Gasteiger partial charge is 0.418 e. The highest BCUT2D eigenvalue weighted by Gasteiger charge is 2.14. The lowest BCUT2D eigenvalue weighted by Gasteiger charge is -1.99. The first-order valence-electron chi connectivity index (χ1n) is 4.15. The van der Waals surface area contributed by atoms with Crippen LogP contribution in [-0.4, -0.2) is 26.9 Å². The fourth-order valence-corrected chi connectivity index (χ4v) is 1.03. The van der Waals surface area contributed by atoms with E-state index in [0.29, 0.717) is 5.89 Å². The van der Waals surface area contributed by atoms with Crippen LogP contribution in [0.4, 0.5) is 0 Å². The van der Waals surface area contributed by atoms with Gasteiger partial charge in [0, 0.05) is 6.20 Å². The smallest absolute Gasteiger partial charge is 0.264 e. The third-order valence-corrected chi connectivity index (χ3v) is 1.78. The van der Waals surface area contributed by atoms with Gasteiger partial charge in [0.1, 0.15) is 11.7 Å². The number of aromatic nitrogens is 3. The van der Waals surface area contributed by atoms with Crippen molar-refractivity contribution in [3.8, 4) is 11.6 Å². The lowest BCUT2D eigenvalue weighted by molar-refractivity contribution is 0.248. The number of H-pyrrole nitrogens is 1. The van der Waals surface area contributed by atoms with Crippen LogP contribution in [0.3, 0.4) is 0 Å². The molecule has 0 saturated carbocycles. The van der Waals surface area contributed by atoms with Crippen molar-refractivity contribution < 1.29 is 9.52 Å². The third kappa shape index (κ3) is 1.52. The van der Waals surface area contributed by atoms with Crippen LogP contribution in [0.1, 0.15) is 11.9 Å². The quantitative estimate of drug-likeness (QED) is 0.641. The van der Waals surface area contributed by atoms with Crippen molar-refractivity contribution in [2.24, 2.45) is 5.73 Å². The second-order valence-electron chi connectivity index (χ2n) is 2.82. The topological polar surface area (TPSA) is 101 Å².